The predicted octanol–water partition coefficient (Wildman–Crippen LogP) is 6.55. The highest BCUT2D eigenvalue weighted by Gasteiger charge is 2.12. The molecule has 0 aliphatic heterocycles. The number of rotatable bonds is 7. The fraction of sp³-hybridized carbons (Fsp3) is 0.143. The molecule has 3 nitrogen and oxygen atoms in total. The Morgan fingerprint density at radius 3 is 2.16 bits per heavy atom. The van der Waals surface area contributed by atoms with Crippen LogP contribution in [-0.2, 0) is 19.6 Å². The molecule has 0 spiro atoms. The van der Waals surface area contributed by atoms with Crippen molar-refractivity contribution >= 4 is 12.4 Å². The van der Waals surface area contributed by atoms with E-state index < -0.39 is 0 Å². The van der Waals surface area contributed by atoms with Crippen LogP contribution in [0, 0.1) is 18.3 Å². The van der Waals surface area contributed by atoms with E-state index >= 15 is 0 Å². The minimum absolute atomic E-state index is 0. The van der Waals surface area contributed by atoms with Crippen molar-refractivity contribution < 1.29 is 0 Å². The number of pyridine rings is 1. The minimum Gasteiger partial charge on any atom is -0.291 e. The third kappa shape index (κ3) is 5.82. The molecule has 0 bridgehead atoms. The van der Waals surface area contributed by atoms with E-state index in [0.29, 0.717) is 5.56 Å². The molecular formula is C28H26ClN3. The standard InChI is InChI=1S/C28H25N3.ClH/c1-22-8-5-6-12-27(22)28-16-24(13-14-26(28)17-29)20-31(19-23-9-3-2-4-10-23)21-25-11-7-15-30-18-25;/h2-16,18H,19-21H2,1H3;1H. The van der Waals surface area contributed by atoms with Crippen LogP contribution in [0.25, 0.3) is 11.1 Å². The minimum atomic E-state index is 0. The van der Waals surface area contributed by atoms with Crippen molar-refractivity contribution in [2.75, 3.05) is 0 Å². The van der Waals surface area contributed by atoms with E-state index in [2.05, 4.69) is 77.5 Å². The number of hydrogen-bond donors (Lipinski definition) is 0. The molecule has 1 heterocycles. The predicted molar refractivity (Wildman–Crippen MR) is 132 cm³/mol. The van der Waals surface area contributed by atoms with Crippen molar-refractivity contribution in [3.63, 3.8) is 0 Å². The summed E-state index contributed by atoms with van der Waals surface area (Å²) in [6, 6.07) is 31.4. The fourth-order valence-electron chi connectivity index (χ4n) is 3.90. The molecule has 0 N–H and O–H groups in total. The Morgan fingerprint density at radius 2 is 1.44 bits per heavy atom. The first-order valence-electron chi connectivity index (χ1n) is 10.5. The molecule has 4 aromatic rings. The Hall–Kier alpha value is -3.45. The van der Waals surface area contributed by atoms with Crippen LogP contribution in [0.2, 0.25) is 0 Å². The van der Waals surface area contributed by atoms with Crippen LogP contribution in [0.5, 0.6) is 0 Å². The molecule has 0 aliphatic rings. The maximum absolute atomic E-state index is 9.67. The Morgan fingerprint density at radius 1 is 0.750 bits per heavy atom. The summed E-state index contributed by atoms with van der Waals surface area (Å²) >= 11 is 0. The average molecular weight is 440 g/mol. The smallest absolute Gasteiger partial charge is 0.0998 e. The second kappa shape index (κ2) is 11.2. The summed E-state index contributed by atoms with van der Waals surface area (Å²) in [5.41, 5.74) is 7.65. The zero-order valence-electron chi connectivity index (χ0n) is 18.1. The van der Waals surface area contributed by atoms with Crippen LogP contribution in [-0.4, -0.2) is 9.88 Å². The lowest BCUT2D eigenvalue weighted by molar-refractivity contribution is 0.247. The molecule has 0 saturated carbocycles. The van der Waals surface area contributed by atoms with Gasteiger partial charge in [0.1, 0.15) is 0 Å². The van der Waals surface area contributed by atoms with Crippen molar-refractivity contribution in [3.05, 3.63) is 125 Å². The number of nitriles is 1. The van der Waals surface area contributed by atoms with Gasteiger partial charge in [0.2, 0.25) is 0 Å². The van der Waals surface area contributed by atoms with E-state index in [9.17, 15) is 5.26 Å². The van der Waals surface area contributed by atoms with Gasteiger partial charge < -0.3 is 0 Å². The van der Waals surface area contributed by atoms with Crippen molar-refractivity contribution in [1.82, 2.24) is 9.88 Å². The van der Waals surface area contributed by atoms with E-state index in [-0.39, 0.29) is 12.4 Å². The van der Waals surface area contributed by atoms with E-state index in [0.717, 1.165) is 30.8 Å². The van der Waals surface area contributed by atoms with Gasteiger partial charge in [0, 0.05) is 37.6 Å². The van der Waals surface area contributed by atoms with Gasteiger partial charge in [-0.05, 0) is 52.9 Å². The van der Waals surface area contributed by atoms with E-state index in [1.807, 2.05) is 36.5 Å². The third-order valence-corrected chi connectivity index (χ3v) is 5.42. The Labute approximate surface area is 196 Å². The second-order valence-corrected chi connectivity index (χ2v) is 7.80. The number of nitrogens with zero attached hydrogens (tertiary/aromatic N) is 3. The maximum atomic E-state index is 9.67. The number of benzene rings is 3. The molecule has 0 saturated heterocycles. The number of hydrogen-bond acceptors (Lipinski definition) is 3. The van der Waals surface area contributed by atoms with Gasteiger partial charge in [-0.1, -0.05) is 66.7 Å². The zero-order chi connectivity index (χ0) is 21.5. The number of aromatic nitrogens is 1. The molecule has 1 aromatic heterocycles. The summed E-state index contributed by atoms with van der Waals surface area (Å²) < 4.78 is 0. The Kier molecular flexibility index (Phi) is 8.16. The van der Waals surface area contributed by atoms with Gasteiger partial charge in [0.15, 0.2) is 0 Å². The van der Waals surface area contributed by atoms with E-state index in [1.165, 1.54) is 22.3 Å². The molecule has 0 amide bonds. The average Bonchev–Trinajstić information content (AvgIpc) is 2.81. The number of aryl methyl sites for hydroxylation is 1. The first-order chi connectivity index (χ1) is 15.2. The second-order valence-electron chi connectivity index (χ2n) is 7.80. The topological polar surface area (TPSA) is 39.9 Å². The SMILES string of the molecule is Cc1ccccc1-c1cc(CN(Cc2ccccc2)Cc2cccnc2)ccc1C#N.Cl. The fourth-order valence-corrected chi connectivity index (χ4v) is 3.90. The summed E-state index contributed by atoms with van der Waals surface area (Å²) in [5.74, 6) is 0. The van der Waals surface area contributed by atoms with Crippen molar-refractivity contribution in [3.8, 4) is 17.2 Å². The summed E-state index contributed by atoms with van der Waals surface area (Å²) in [4.78, 5) is 6.69. The van der Waals surface area contributed by atoms with Gasteiger partial charge in [-0.3, -0.25) is 9.88 Å². The third-order valence-electron chi connectivity index (χ3n) is 5.42. The van der Waals surface area contributed by atoms with Gasteiger partial charge in [-0.2, -0.15) is 5.26 Å². The quantitative estimate of drug-likeness (QED) is 0.327. The molecule has 160 valence electrons. The van der Waals surface area contributed by atoms with Crippen LogP contribution >= 0.6 is 12.4 Å². The Balaban J connectivity index is 0.00000289. The molecule has 4 rings (SSSR count). The number of halogens is 1. The monoisotopic (exact) mass is 439 g/mol. The Bertz CT molecular complexity index is 1140. The molecule has 0 unspecified atom stereocenters. The van der Waals surface area contributed by atoms with Crippen molar-refractivity contribution in [2.45, 2.75) is 26.6 Å². The van der Waals surface area contributed by atoms with Gasteiger partial charge in [-0.15, -0.1) is 12.4 Å². The lowest BCUT2D eigenvalue weighted by Crippen LogP contribution is -2.22. The molecule has 3 aromatic carbocycles. The first kappa shape index (κ1) is 23.2. The lowest BCUT2D eigenvalue weighted by Gasteiger charge is -2.23. The molecule has 32 heavy (non-hydrogen) atoms. The highest BCUT2D eigenvalue weighted by molar-refractivity contribution is 5.85. The van der Waals surface area contributed by atoms with E-state index in [4.69, 9.17) is 0 Å². The van der Waals surface area contributed by atoms with E-state index in [1.54, 1.807) is 6.20 Å². The van der Waals surface area contributed by atoms with Crippen molar-refractivity contribution in [1.29, 1.82) is 5.26 Å². The molecule has 0 fully saturated rings. The molecule has 0 aliphatic carbocycles. The maximum Gasteiger partial charge on any atom is 0.0998 e. The van der Waals surface area contributed by atoms with Gasteiger partial charge in [0.25, 0.3) is 0 Å². The normalized spacial score (nSPS) is 10.4. The summed E-state index contributed by atoms with van der Waals surface area (Å²) in [7, 11) is 0. The van der Waals surface area contributed by atoms with Gasteiger partial charge in [-0.25, -0.2) is 0 Å². The summed E-state index contributed by atoms with van der Waals surface area (Å²) in [5, 5.41) is 9.67. The summed E-state index contributed by atoms with van der Waals surface area (Å²) in [6.45, 7) is 4.53. The molecule has 4 heteroatoms. The van der Waals surface area contributed by atoms with Crippen LogP contribution in [0.4, 0.5) is 0 Å². The van der Waals surface area contributed by atoms with Gasteiger partial charge in [0.05, 0.1) is 11.6 Å². The zero-order valence-corrected chi connectivity index (χ0v) is 18.9. The molecule has 0 atom stereocenters. The highest BCUT2D eigenvalue weighted by Crippen LogP contribution is 2.28. The van der Waals surface area contributed by atoms with Crippen LogP contribution in [0.15, 0.2) is 97.3 Å². The van der Waals surface area contributed by atoms with Gasteiger partial charge >= 0.3 is 0 Å². The largest absolute Gasteiger partial charge is 0.291 e. The highest BCUT2D eigenvalue weighted by atomic mass is 35.5. The lowest BCUT2D eigenvalue weighted by atomic mass is 9.94. The first-order valence-corrected chi connectivity index (χ1v) is 10.5. The van der Waals surface area contributed by atoms with Crippen LogP contribution < -0.4 is 0 Å². The van der Waals surface area contributed by atoms with Crippen LogP contribution in [0.3, 0.4) is 0 Å². The van der Waals surface area contributed by atoms with Crippen LogP contribution in [0.1, 0.15) is 27.8 Å². The molecular weight excluding hydrogens is 414 g/mol. The molecule has 0 radical (unpaired) electrons. The summed E-state index contributed by atoms with van der Waals surface area (Å²) in [6.07, 6.45) is 3.73. The van der Waals surface area contributed by atoms with Crippen molar-refractivity contribution in [2.24, 2.45) is 0 Å².